The monoisotopic (exact) mass is 326 g/mol. The zero-order chi connectivity index (χ0) is 16.1. The molecule has 0 aliphatic heterocycles. The molecule has 1 rings (SSSR count). The summed E-state index contributed by atoms with van der Waals surface area (Å²) < 4.78 is 66.9. The van der Waals surface area contributed by atoms with Crippen molar-refractivity contribution in [2.45, 2.75) is 24.5 Å². The van der Waals surface area contributed by atoms with Crippen molar-refractivity contribution in [3.8, 4) is 0 Å². The summed E-state index contributed by atoms with van der Waals surface area (Å²) >= 11 is 0. The maximum atomic E-state index is 12.3. The number of benzene rings is 1. The van der Waals surface area contributed by atoms with Crippen LogP contribution in [0.5, 0.6) is 0 Å². The van der Waals surface area contributed by atoms with Gasteiger partial charge in [0, 0.05) is 0 Å². The van der Waals surface area contributed by atoms with Crippen LogP contribution in [-0.2, 0) is 30.3 Å². The SMILES string of the molecule is COC(=O)[C@@H](CCc1ccccc1)OS(=O)(=O)C(F)(F)F. The lowest BCUT2D eigenvalue weighted by atomic mass is 10.1. The van der Waals surface area contributed by atoms with Crippen molar-refractivity contribution in [1.82, 2.24) is 0 Å². The van der Waals surface area contributed by atoms with E-state index in [1.54, 1.807) is 30.3 Å². The fourth-order valence-corrected chi connectivity index (χ4v) is 2.08. The van der Waals surface area contributed by atoms with Gasteiger partial charge in [0.15, 0.2) is 6.10 Å². The number of alkyl halides is 3. The van der Waals surface area contributed by atoms with Gasteiger partial charge in [0.2, 0.25) is 0 Å². The topological polar surface area (TPSA) is 69.7 Å². The highest BCUT2D eigenvalue weighted by Gasteiger charge is 2.49. The number of ether oxygens (including phenoxy) is 1. The van der Waals surface area contributed by atoms with Crippen molar-refractivity contribution in [2.75, 3.05) is 7.11 Å². The summed E-state index contributed by atoms with van der Waals surface area (Å²) in [7, 11) is -4.93. The summed E-state index contributed by atoms with van der Waals surface area (Å²) in [6, 6.07) is 8.52. The average molecular weight is 326 g/mol. The molecule has 0 bridgehead atoms. The van der Waals surface area contributed by atoms with E-state index in [2.05, 4.69) is 8.92 Å². The van der Waals surface area contributed by atoms with E-state index >= 15 is 0 Å². The zero-order valence-electron chi connectivity index (χ0n) is 11.0. The molecular weight excluding hydrogens is 313 g/mol. The molecule has 0 saturated carbocycles. The fraction of sp³-hybridized carbons (Fsp3) is 0.417. The number of methoxy groups -OCH3 is 1. The molecule has 5 nitrogen and oxygen atoms in total. The lowest BCUT2D eigenvalue weighted by Crippen LogP contribution is -2.35. The molecule has 0 amide bonds. The molecule has 0 saturated heterocycles. The van der Waals surface area contributed by atoms with Crippen molar-refractivity contribution in [3.05, 3.63) is 35.9 Å². The Morgan fingerprint density at radius 2 is 1.81 bits per heavy atom. The third kappa shape index (κ3) is 5.01. The molecule has 1 aromatic carbocycles. The highest BCUT2D eigenvalue weighted by atomic mass is 32.2. The molecule has 1 aromatic rings. The van der Waals surface area contributed by atoms with Gasteiger partial charge in [0.05, 0.1) is 7.11 Å². The first-order valence-corrected chi connectivity index (χ1v) is 7.19. The van der Waals surface area contributed by atoms with Gasteiger partial charge in [0.25, 0.3) is 0 Å². The Morgan fingerprint density at radius 1 is 1.24 bits per heavy atom. The Bertz CT molecular complexity index is 568. The number of rotatable bonds is 6. The van der Waals surface area contributed by atoms with Crippen LogP contribution in [0.25, 0.3) is 0 Å². The van der Waals surface area contributed by atoms with E-state index in [0.29, 0.717) is 0 Å². The number of aryl methyl sites for hydroxylation is 1. The van der Waals surface area contributed by atoms with Crippen LogP contribution in [-0.4, -0.2) is 33.1 Å². The highest BCUT2D eigenvalue weighted by molar-refractivity contribution is 7.87. The Labute approximate surface area is 119 Å². The summed E-state index contributed by atoms with van der Waals surface area (Å²) in [5.74, 6) is -1.18. The lowest BCUT2D eigenvalue weighted by Gasteiger charge is -2.16. The summed E-state index contributed by atoms with van der Waals surface area (Å²) in [5, 5.41) is 0. The number of hydrogen-bond acceptors (Lipinski definition) is 5. The molecule has 0 radical (unpaired) electrons. The second-order valence-electron chi connectivity index (χ2n) is 4.03. The molecule has 0 unspecified atom stereocenters. The molecule has 21 heavy (non-hydrogen) atoms. The maximum absolute atomic E-state index is 12.3. The molecule has 0 heterocycles. The Morgan fingerprint density at radius 3 is 2.29 bits per heavy atom. The zero-order valence-corrected chi connectivity index (χ0v) is 11.8. The smallest absolute Gasteiger partial charge is 0.467 e. The van der Waals surface area contributed by atoms with Crippen molar-refractivity contribution in [3.63, 3.8) is 0 Å². The average Bonchev–Trinajstić information content (AvgIpc) is 2.42. The normalized spacial score (nSPS) is 13.7. The van der Waals surface area contributed by atoms with Gasteiger partial charge in [0.1, 0.15) is 0 Å². The Balaban J connectivity index is 2.80. The third-order valence-corrected chi connectivity index (χ3v) is 3.58. The standard InChI is InChI=1S/C12H13F3O5S/c1-19-11(16)10(20-21(17,18)12(13,14)15)8-7-9-5-3-2-4-6-9/h2-6,10H,7-8H2,1H3/t10-/m1/s1. The quantitative estimate of drug-likeness (QED) is 0.454. The maximum Gasteiger partial charge on any atom is 0.523 e. The van der Waals surface area contributed by atoms with Crippen molar-refractivity contribution < 1.29 is 35.3 Å². The van der Waals surface area contributed by atoms with Crippen LogP contribution in [0.2, 0.25) is 0 Å². The molecule has 0 fully saturated rings. The second kappa shape index (κ2) is 6.90. The summed E-state index contributed by atoms with van der Waals surface area (Å²) in [6.45, 7) is 0. The number of hydrogen-bond donors (Lipinski definition) is 0. The number of carbonyl (C=O) groups is 1. The molecule has 0 N–H and O–H groups in total. The van der Waals surface area contributed by atoms with Crippen LogP contribution in [0.4, 0.5) is 13.2 Å². The van der Waals surface area contributed by atoms with Gasteiger partial charge in [-0.2, -0.15) is 21.6 Å². The summed E-state index contributed by atoms with van der Waals surface area (Å²) in [4.78, 5) is 11.4. The molecule has 118 valence electrons. The van der Waals surface area contributed by atoms with Gasteiger partial charge in [-0.05, 0) is 18.4 Å². The van der Waals surface area contributed by atoms with Gasteiger partial charge < -0.3 is 4.74 Å². The number of carbonyl (C=O) groups excluding carboxylic acids is 1. The molecule has 0 spiro atoms. The summed E-state index contributed by atoms with van der Waals surface area (Å²) in [6.07, 6.45) is -1.94. The van der Waals surface area contributed by atoms with E-state index in [0.717, 1.165) is 12.7 Å². The highest BCUT2D eigenvalue weighted by Crippen LogP contribution is 2.26. The van der Waals surface area contributed by atoms with E-state index in [9.17, 15) is 26.4 Å². The first kappa shape index (κ1) is 17.4. The Hall–Kier alpha value is -1.61. The van der Waals surface area contributed by atoms with Gasteiger partial charge in [-0.1, -0.05) is 30.3 Å². The van der Waals surface area contributed by atoms with Gasteiger partial charge in [-0.25, -0.2) is 8.98 Å². The van der Waals surface area contributed by atoms with E-state index in [1.165, 1.54) is 0 Å². The molecule has 1 atom stereocenters. The molecular formula is C12H13F3O5S. The van der Waals surface area contributed by atoms with Crippen LogP contribution >= 0.6 is 0 Å². The van der Waals surface area contributed by atoms with Crippen LogP contribution in [0.15, 0.2) is 30.3 Å². The van der Waals surface area contributed by atoms with Crippen molar-refractivity contribution >= 4 is 16.1 Å². The molecule has 0 aliphatic rings. The minimum absolute atomic E-state index is 0.161. The minimum Gasteiger partial charge on any atom is -0.467 e. The van der Waals surface area contributed by atoms with E-state index < -0.39 is 27.7 Å². The molecule has 9 heteroatoms. The Kier molecular flexibility index (Phi) is 5.73. The van der Waals surface area contributed by atoms with E-state index in [1.807, 2.05) is 0 Å². The second-order valence-corrected chi connectivity index (χ2v) is 5.60. The number of halogens is 3. The molecule has 0 aromatic heterocycles. The van der Waals surface area contributed by atoms with Gasteiger partial charge in [-0.3, -0.25) is 0 Å². The first-order chi connectivity index (χ1) is 9.67. The van der Waals surface area contributed by atoms with E-state index in [-0.39, 0.29) is 12.8 Å². The third-order valence-electron chi connectivity index (χ3n) is 2.53. The first-order valence-electron chi connectivity index (χ1n) is 5.78. The summed E-state index contributed by atoms with van der Waals surface area (Å²) in [5.41, 5.74) is -4.87. The largest absolute Gasteiger partial charge is 0.523 e. The molecule has 0 aliphatic carbocycles. The van der Waals surface area contributed by atoms with Crippen LogP contribution in [0, 0.1) is 0 Å². The van der Waals surface area contributed by atoms with Crippen molar-refractivity contribution in [2.24, 2.45) is 0 Å². The van der Waals surface area contributed by atoms with E-state index in [4.69, 9.17) is 0 Å². The predicted octanol–water partition coefficient (Wildman–Crippen LogP) is 2.03. The fourth-order valence-electron chi connectivity index (χ4n) is 1.49. The van der Waals surface area contributed by atoms with Crippen LogP contribution < -0.4 is 0 Å². The minimum atomic E-state index is -5.86. The van der Waals surface area contributed by atoms with Gasteiger partial charge in [-0.15, -0.1) is 0 Å². The predicted molar refractivity (Wildman–Crippen MR) is 66.6 cm³/mol. The van der Waals surface area contributed by atoms with Crippen molar-refractivity contribution in [1.29, 1.82) is 0 Å². The van der Waals surface area contributed by atoms with Gasteiger partial charge >= 0.3 is 21.6 Å². The lowest BCUT2D eigenvalue weighted by molar-refractivity contribution is -0.149. The number of esters is 1. The van der Waals surface area contributed by atoms with Crippen LogP contribution in [0.3, 0.4) is 0 Å². The van der Waals surface area contributed by atoms with Crippen LogP contribution in [0.1, 0.15) is 12.0 Å².